The number of hydrogen-bond acceptors (Lipinski definition) is 3. The van der Waals surface area contributed by atoms with Gasteiger partial charge in [-0.15, -0.1) is 0 Å². The Labute approximate surface area is 119 Å². The lowest BCUT2D eigenvalue weighted by Gasteiger charge is -2.11. The second kappa shape index (κ2) is 5.55. The lowest BCUT2D eigenvalue weighted by atomic mass is 10.1. The molecule has 1 atom stereocenters. The van der Waals surface area contributed by atoms with Gasteiger partial charge in [0.15, 0.2) is 0 Å². The van der Waals surface area contributed by atoms with Crippen LogP contribution in [0.4, 0.5) is 0 Å². The number of methoxy groups -OCH3 is 1. The number of benzene rings is 2. The third-order valence-electron chi connectivity index (χ3n) is 3.83. The standard InChI is InChI=1S/C17H19NO2/c1-19-17-5-3-2-4-13(17)11-20-14-7-8-15-12(10-14)6-9-16(15)18/h2-5,7-8,10,16H,6,9,11,18H2,1H3. The van der Waals surface area contributed by atoms with Crippen LogP contribution in [0.5, 0.6) is 11.5 Å². The molecule has 0 spiro atoms. The second-order valence-electron chi connectivity index (χ2n) is 5.11. The maximum Gasteiger partial charge on any atom is 0.125 e. The number of aryl methyl sites for hydroxylation is 1. The van der Waals surface area contributed by atoms with Gasteiger partial charge in [0.25, 0.3) is 0 Å². The highest BCUT2D eigenvalue weighted by Gasteiger charge is 2.19. The zero-order valence-corrected chi connectivity index (χ0v) is 11.6. The molecule has 2 N–H and O–H groups in total. The highest BCUT2D eigenvalue weighted by Crippen LogP contribution is 2.32. The Kier molecular flexibility index (Phi) is 3.61. The van der Waals surface area contributed by atoms with E-state index < -0.39 is 0 Å². The van der Waals surface area contributed by atoms with Crippen molar-refractivity contribution in [2.45, 2.75) is 25.5 Å². The largest absolute Gasteiger partial charge is 0.496 e. The fourth-order valence-corrected chi connectivity index (χ4v) is 2.70. The summed E-state index contributed by atoms with van der Waals surface area (Å²) in [6.45, 7) is 0.509. The Bertz CT molecular complexity index is 610. The molecule has 1 aliphatic rings. The Morgan fingerprint density at radius 1 is 1.20 bits per heavy atom. The summed E-state index contributed by atoms with van der Waals surface area (Å²) in [5.41, 5.74) is 9.66. The van der Waals surface area contributed by atoms with Gasteiger partial charge in [-0.05, 0) is 42.2 Å². The molecule has 0 fully saturated rings. The minimum absolute atomic E-state index is 0.188. The molecule has 0 saturated heterocycles. The van der Waals surface area contributed by atoms with Crippen molar-refractivity contribution in [2.75, 3.05) is 7.11 Å². The monoisotopic (exact) mass is 269 g/mol. The van der Waals surface area contributed by atoms with E-state index in [-0.39, 0.29) is 6.04 Å². The molecule has 0 aliphatic heterocycles. The molecule has 2 aromatic rings. The van der Waals surface area contributed by atoms with E-state index in [1.807, 2.05) is 30.3 Å². The van der Waals surface area contributed by atoms with E-state index in [0.29, 0.717) is 6.61 Å². The van der Waals surface area contributed by atoms with Crippen molar-refractivity contribution >= 4 is 0 Å². The third-order valence-corrected chi connectivity index (χ3v) is 3.83. The molecule has 3 nitrogen and oxygen atoms in total. The van der Waals surface area contributed by atoms with Crippen molar-refractivity contribution in [1.29, 1.82) is 0 Å². The number of rotatable bonds is 4. The number of nitrogens with two attached hydrogens (primary N) is 1. The number of ether oxygens (including phenoxy) is 2. The third kappa shape index (κ3) is 2.49. The van der Waals surface area contributed by atoms with Gasteiger partial charge in [0, 0.05) is 11.6 Å². The molecule has 0 heterocycles. The summed E-state index contributed by atoms with van der Waals surface area (Å²) in [5.74, 6) is 1.75. The average molecular weight is 269 g/mol. The molecular formula is C17H19NO2. The van der Waals surface area contributed by atoms with Crippen molar-refractivity contribution < 1.29 is 9.47 Å². The van der Waals surface area contributed by atoms with Crippen LogP contribution in [0.25, 0.3) is 0 Å². The molecule has 104 valence electrons. The van der Waals surface area contributed by atoms with Gasteiger partial charge in [0.05, 0.1) is 7.11 Å². The van der Waals surface area contributed by atoms with Crippen LogP contribution in [0.2, 0.25) is 0 Å². The van der Waals surface area contributed by atoms with Crippen molar-refractivity contribution in [3.63, 3.8) is 0 Å². The summed E-state index contributed by atoms with van der Waals surface area (Å²) >= 11 is 0. The van der Waals surface area contributed by atoms with Gasteiger partial charge < -0.3 is 15.2 Å². The number of hydrogen-bond donors (Lipinski definition) is 1. The van der Waals surface area contributed by atoms with E-state index in [4.69, 9.17) is 15.2 Å². The quantitative estimate of drug-likeness (QED) is 0.927. The number of para-hydroxylation sites is 1. The van der Waals surface area contributed by atoms with E-state index in [1.165, 1.54) is 11.1 Å². The van der Waals surface area contributed by atoms with Crippen molar-refractivity contribution in [3.05, 3.63) is 59.2 Å². The van der Waals surface area contributed by atoms with E-state index in [0.717, 1.165) is 29.9 Å². The van der Waals surface area contributed by atoms with Crippen LogP contribution in [-0.2, 0) is 13.0 Å². The average Bonchev–Trinajstić information content (AvgIpc) is 2.86. The molecule has 1 aliphatic carbocycles. The normalized spacial score (nSPS) is 16.8. The van der Waals surface area contributed by atoms with Crippen LogP contribution < -0.4 is 15.2 Å². The van der Waals surface area contributed by atoms with Gasteiger partial charge in [-0.2, -0.15) is 0 Å². The topological polar surface area (TPSA) is 44.5 Å². The summed E-state index contributed by atoms with van der Waals surface area (Å²) in [4.78, 5) is 0. The fraction of sp³-hybridized carbons (Fsp3) is 0.294. The molecule has 2 aromatic carbocycles. The first-order valence-corrected chi connectivity index (χ1v) is 6.91. The second-order valence-corrected chi connectivity index (χ2v) is 5.11. The minimum Gasteiger partial charge on any atom is -0.496 e. The van der Waals surface area contributed by atoms with E-state index in [1.54, 1.807) is 7.11 Å². The summed E-state index contributed by atoms with van der Waals surface area (Å²) < 4.78 is 11.2. The Balaban J connectivity index is 1.73. The first-order valence-electron chi connectivity index (χ1n) is 6.91. The van der Waals surface area contributed by atoms with Gasteiger partial charge in [0.1, 0.15) is 18.1 Å². The van der Waals surface area contributed by atoms with Crippen LogP contribution in [0, 0.1) is 0 Å². The van der Waals surface area contributed by atoms with Crippen molar-refractivity contribution in [1.82, 2.24) is 0 Å². The van der Waals surface area contributed by atoms with Crippen LogP contribution in [-0.4, -0.2) is 7.11 Å². The van der Waals surface area contributed by atoms with E-state index >= 15 is 0 Å². The first-order chi connectivity index (χ1) is 9.78. The van der Waals surface area contributed by atoms with Gasteiger partial charge in [-0.25, -0.2) is 0 Å². The summed E-state index contributed by atoms with van der Waals surface area (Å²) in [5, 5.41) is 0. The summed E-state index contributed by atoms with van der Waals surface area (Å²) in [6.07, 6.45) is 2.08. The molecule has 0 amide bonds. The molecular weight excluding hydrogens is 250 g/mol. The predicted molar refractivity (Wildman–Crippen MR) is 79.0 cm³/mol. The first kappa shape index (κ1) is 13.0. The molecule has 1 unspecified atom stereocenters. The van der Waals surface area contributed by atoms with Crippen LogP contribution in [0.1, 0.15) is 29.2 Å². The minimum atomic E-state index is 0.188. The predicted octanol–water partition coefficient (Wildman–Crippen LogP) is 3.22. The molecule has 0 saturated carbocycles. The molecule has 0 bridgehead atoms. The van der Waals surface area contributed by atoms with Gasteiger partial charge in [0.2, 0.25) is 0 Å². The van der Waals surface area contributed by atoms with Crippen molar-refractivity contribution in [2.24, 2.45) is 5.73 Å². The maximum absolute atomic E-state index is 6.04. The Morgan fingerprint density at radius 2 is 2.05 bits per heavy atom. The van der Waals surface area contributed by atoms with Crippen molar-refractivity contribution in [3.8, 4) is 11.5 Å². The van der Waals surface area contributed by atoms with Crippen LogP contribution in [0.15, 0.2) is 42.5 Å². The van der Waals surface area contributed by atoms with E-state index in [9.17, 15) is 0 Å². The highest BCUT2D eigenvalue weighted by molar-refractivity contribution is 5.41. The highest BCUT2D eigenvalue weighted by atomic mass is 16.5. The lowest BCUT2D eigenvalue weighted by molar-refractivity contribution is 0.296. The fourth-order valence-electron chi connectivity index (χ4n) is 2.70. The van der Waals surface area contributed by atoms with Gasteiger partial charge >= 0.3 is 0 Å². The van der Waals surface area contributed by atoms with Crippen LogP contribution >= 0.6 is 0 Å². The lowest BCUT2D eigenvalue weighted by Crippen LogP contribution is -2.05. The van der Waals surface area contributed by atoms with Gasteiger partial charge in [-0.1, -0.05) is 24.3 Å². The maximum atomic E-state index is 6.04. The molecule has 3 heteroatoms. The summed E-state index contributed by atoms with van der Waals surface area (Å²) in [7, 11) is 1.68. The molecule has 3 rings (SSSR count). The molecule has 20 heavy (non-hydrogen) atoms. The number of fused-ring (bicyclic) bond motifs is 1. The van der Waals surface area contributed by atoms with Gasteiger partial charge in [-0.3, -0.25) is 0 Å². The zero-order valence-electron chi connectivity index (χ0n) is 11.6. The Morgan fingerprint density at radius 3 is 2.90 bits per heavy atom. The zero-order chi connectivity index (χ0) is 13.9. The van der Waals surface area contributed by atoms with E-state index in [2.05, 4.69) is 12.1 Å². The smallest absolute Gasteiger partial charge is 0.125 e. The molecule has 0 aromatic heterocycles. The summed E-state index contributed by atoms with van der Waals surface area (Å²) in [6, 6.07) is 14.3. The van der Waals surface area contributed by atoms with Crippen LogP contribution in [0.3, 0.4) is 0 Å². The SMILES string of the molecule is COc1ccccc1COc1ccc2c(c1)CCC2N. The Hall–Kier alpha value is -2.00. The molecule has 0 radical (unpaired) electrons.